The Kier molecular flexibility index (Phi) is 7.42. The molecule has 2 heterocycles. The molecular formula is C32H41N3O3Si. The quantitative estimate of drug-likeness (QED) is 0.435. The van der Waals surface area contributed by atoms with Crippen LogP contribution >= 0.6 is 0 Å². The van der Waals surface area contributed by atoms with Gasteiger partial charge < -0.3 is 15.0 Å². The van der Waals surface area contributed by atoms with Crippen molar-refractivity contribution in [3.8, 4) is 0 Å². The number of nitrogens with one attached hydrogen (secondary N) is 1. The van der Waals surface area contributed by atoms with E-state index in [2.05, 4.69) is 38.8 Å². The first kappa shape index (κ1) is 27.5. The summed E-state index contributed by atoms with van der Waals surface area (Å²) in [5, 5.41) is 3.01. The van der Waals surface area contributed by atoms with Crippen molar-refractivity contribution < 1.29 is 14.3 Å². The van der Waals surface area contributed by atoms with Crippen LogP contribution in [0.5, 0.6) is 0 Å². The topological polar surface area (TPSA) is 71.0 Å². The number of rotatable bonds is 8. The van der Waals surface area contributed by atoms with Crippen molar-refractivity contribution in [1.82, 2.24) is 10.2 Å². The number of ether oxygens (including phenoxy) is 1. The van der Waals surface area contributed by atoms with Crippen molar-refractivity contribution in [3.05, 3.63) is 82.9 Å². The van der Waals surface area contributed by atoms with Crippen molar-refractivity contribution in [2.45, 2.75) is 75.9 Å². The number of benzene rings is 2. The maximum absolute atomic E-state index is 14.2. The third-order valence-corrected chi connectivity index (χ3v) is 12.8. The van der Waals surface area contributed by atoms with Crippen molar-refractivity contribution in [1.29, 1.82) is 0 Å². The number of aliphatic imine (C=N–C) groups is 1. The van der Waals surface area contributed by atoms with Gasteiger partial charge in [0.25, 0.3) is 0 Å². The highest BCUT2D eigenvalue weighted by Gasteiger charge is 2.54. The highest BCUT2D eigenvalue weighted by Crippen LogP contribution is 2.55. The van der Waals surface area contributed by atoms with Gasteiger partial charge in [-0.15, -0.1) is 0 Å². The summed E-state index contributed by atoms with van der Waals surface area (Å²) in [6.07, 6.45) is 3.04. The molecule has 0 radical (unpaired) electrons. The van der Waals surface area contributed by atoms with Crippen LogP contribution in [0.2, 0.25) is 24.7 Å². The lowest BCUT2D eigenvalue weighted by atomic mass is 9.83. The van der Waals surface area contributed by atoms with Gasteiger partial charge in [0.1, 0.15) is 5.84 Å². The van der Waals surface area contributed by atoms with Gasteiger partial charge >= 0.3 is 0 Å². The first-order valence-electron chi connectivity index (χ1n) is 14.1. The molecule has 3 aliphatic rings. The molecule has 0 aromatic heterocycles. The normalized spacial score (nSPS) is 20.2. The number of amides is 2. The van der Waals surface area contributed by atoms with Gasteiger partial charge in [-0.1, -0.05) is 86.7 Å². The molecule has 1 saturated carbocycles. The Balaban J connectivity index is 1.33. The van der Waals surface area contributed by atoms with Crippen molar-refractivity contribution in [2.75, 3.05) is 19.7 Å². The summed E-state index contributed by atoms with van der Waals surface area (Å²) >= 11 is 0. The minimum Gasteiger partial charge on any atom is -0.376 e. The highest BCUT2D eigenvalue weighted by molar-refractivity contribution is 6.82. The molecule has 2 amide bonds. The van der Waals surface area contributed by atoms with E-state index in [1.807, 2.05) is 65.6 Å². The van der Waals surface area contributed by atoms with E-state index < -0.39 is 19.5 Å². The number of amidine groups is 1. The second-order valence-electron chi connectivity index (χ2n) is 12.7. The van der Waals surface area contributed by atoms with Crippen LogP contribution in [-0.4, -0.2) is 55.9 Å². The standard InChI is InChI=1S/C32H41N3O3Si/c1-31(2)27-19-33-28(34-30(37)32(17-12-18-32)39(3,4)5)25(27)20-35(31)29(36)26(24-15-10-7-11-16-24)22-38-21-23-13-8-6-9-14-23/h6-11,13-16,26H,12,17-22H2,1-5H3,(H,33,34,37)/t26-/m1/s1. The zero-order chi connectivity index (χ0) is 27.8. The smallest absolute Gasteiger partial charge is 0.233 e. The van der Waals surface area contributed by atoms with Crippen molar-refractivity contribution in [3.63, 3.8) is 0 Å². The number of nitrogens with zero attached hydrogens (tertiary/aromatic N) is 2. The Morgan fingerprint density at radius 2 is 1.67 bits per heavy atom. The highest BCUT2D eigenvalue weighted by atomic mass is 28.3. The van der Waals surface area contributed by atoms with E-state index in [9.17, 15) is 9.59 Å². The Morgan fingerprint density at radius 3 is 2.26 bits per heavy atom. The summed E-state index contributed by atoms with van der Waals surface area (Å²) < 4.78 is 6.10. The molecule has 1 fully saturated rings. The molecule has 2 aromatic rings. The average molecular weight is 544 g/mol. The predicted molar refractivity (Wildman–Crippen MR) is 158 cm³/mol. The lowest BCUT2D eigenvalue weighted by Crippen LogP contribution is -2.55. The van der Waals surface area contributed by atoms with Gasteiger partial charge in [0.15, 0.2) is 0 Å². The third-order valence-electron chi connectivity index (χ3n) is 9.25. The molecule has 1 aliphatic carbocycles. The van der Waals surface area contributed by atoms with Crippen LogP contribution in [0.1, 0.15) is 50.2 Å². The number of carbonyl (C=O) groups excluding carboxylic acids is 2. The molecule has 39 heavy (non-hydrogen) atoms. The van der Waals surface area contributed by atoms with E-state index in [4.69, 9.17) is 9.73 Å². The lowest BCUT2D eigenvalue weighted by molar-refractivity contribution is -0.137. The van der Waals surface area contributed by atoms with Crippen LogP contribution in [0, 0.1) is 0 Å². The molecule has 5 rings (SSSR count). The van der Waals surface area contributed by atoms with Crippen molar-refractivity contribution >= 4 is 25.7 Å². The first-order chi connectivity index (χ1) is 18.5. The monoisotopic (exact) mass is 543 g/mol. The fourth-order valence-electron chi connectivity index (χ4n) is 6.34. The molecule has 0 bridgehead atoms. The Labute approximate surface area is 233 Å². The number of carbonyl (C=O) groups is 2. The second kappa shape index (κ2) is 10.5. The third kappa shape index (κ3) is 5.02. The predicted octanol–water partition coefficient (Wildman–Crippen LogP) is 5.70. The fourth-order valence-corrected chi connectivity index (χ4v) is 8.94. The van der Waals surface area contributed by atoms with Crippen LogP contribution in [0.15, 0.2) is 76.8 Å². The fraction of sp³-hybridized carbons (Fsp3) is 0.469. The Morgan fingerprint density at radius 1 is 1.03 bits per heavy atom. The minimum atomic E-state index is -1.70. The van der Waals surface area contributed by atoms with Crippen LogP contribution in [-0.2, 0) is 20.9 Å². The molecule has 2 aromatic carbocycles. The molecule has 7 heteroatoms. The zero-order valence-corrected chi connectivity index (χ0v) is 24.9. The number of hydrogen-bond donors (Lipinski definition) is 1. The second-order valence-corrected chi connectivity index (χ2v) is 18.2. The molecule has 1 atom stereocenters. The molecule has 6 nitrogen and oxygen atoms in total. The maximum atomic E-state index is 14.2. The molecule has 2 aliphatic heterocycles. The SMILES string of the molecule is CC1(C)C2=C(CN1C(=O)[C@H](COCc1ccccc1)c1ccccc1)C(NC(=O)C1([Si](C)(C)C)CCC1)=NC2. The summed E-state index contributed by atoms with van der Waals surface area (Å²) in [5.74, 6) is 0.408. The summed E-state index contributed by atoms with van der Waals surface area (Å²) in [5.41, 5.74) is 3.66. The number of hydrogen-bond acceptors (Lipinski definition) is 4. The van der Waals surface area contributed by atoms with Gasteiger partial charge in [0, 0.05) is 10.6 Å². The summed E-state index contributed by atoms with van der Waals surface area (Å²) in [7, 11) is -1.70. The molecule has 0 saturated heterocycles. The summed E-state index contributed by atoms with van der Waals surface area (Å²) in [4.78, 5) is 34.5. The largest absolute Gasteiger partial charge is 0.376 e. The Bertz CT molecular complexity index is 1290. The molecule has 0 spiro atoms. The molecule has 206 valence electrons. The summed E-state index contributed by atoms with van der Waals surface area (Å²) in [6.45, 7) is 12.8. The maximum Gasteiger partial charge on any atom is 0.233 e. The van der Waals surface area contributed by atoms with Gasteiger partial charge in [-0.3, -0.25) is 14.6 Å². The van der Waals surface area contributed by atoms with Crippen LogP contribution in [0.3, 0.4) is 0 Å². The van der Waals surface area contributed by atoms with Crippen molar-refractivity contribution in [2.24, 2.45) is 4.99 Å². The van der Waals surface area contributed by atoms with Crippen LogP contribution < -0.4 is 5.32 Å². The van der Waals surface area contributed by atoms with Gasteiger partial charge in [0.2, 0.25) is 11.8 Å². The van der Waals surface area contributed by atoms with E-state index in [0.717, 1.165) is 41.5 Å². The van der Waals surface area contributed by atoms with Gasteiger partial charge in [-0.2, -0.15) is 0 Å². The van der Waals surface area contributed by atoms with E-state index in [-0.39, 0.29) is 16.9 Å². The summed E-state index contributed by atoms with van der Waals surface area (Å²) in [6, 6.07) is 19.9. The van der Waals surface area contributed by atoms with E-state index in [1.165, 1.54) is 0 Å². The minimum absolute atomic E-state index is 0.0388. The van der Waals surface area contributed by atoms with Crippen LogP contribution in [0.4, 0.5) is 0 Å². The van der Waals surface area contributed by atoms with Gasteiger partial charge in [-0.25, -0.2) is 0 Å². The lowest BCUT2D eigenvalue weighted by Gasteiger charge is -2.49. The Hall–Kier alpha value is -3.03. The molecular weight excluding hydrogens is 502 g/mol. The molecule has 0 unspecified atom stereocenters. The zero-order valence-electron chi connectivity index (χ0n) is 23.9. The van der Waals surface area contributed by atoms with Gasteiger partial charge in [0.05, 0.1) is 45.8 Å². The van der Waals surface area contributed by atoms with E-state index in [0.29, 0.717) is 32.1 Å². The average Bonchev–Trinajstić information content (AvgIpc) is 3.38. The van der Waals surface area contributed by atoms with E-state index in [1.54, 1.807) is 0 Å². The van der Waals surface area contributed by atoms with Gasteiger partial charge in [-0.05, 0) is 43.4 Å². The van der Waals surface area contributed by atoms with E-state index >= 15 is 0 Å². The molecule has 1 N–H and O–H groups in total. The first-order valence-corrected chi connectivity index (χ1v) is 17.6. The van der Waals surface area contributed by atoms with Crippen LogP contribution in [0.25, 0.3) is 0 Å².